The quantitative estimate of drug-likeness (QED) is 0.609. The third-order valence-electron chi connectivity index (χ3n) is 5.63. The molecule has 2 aromatic rings. The van der Waals surface area contributed by atoms with Crippen LogP contribution in [0.4, 0.5) is 17.5 Å². The smallest absolute Gasteiger partial charge is 0.225 e. The van der Waals surface area contributed by atoms with Crippen LogP contribution in [0.25, 0.3) is 0 Å². The molecule has 156 valence electrons. The van der Waals surface area contributed by atoms with E-state index >= 15 is 0 Å². The second-order valence-corrected chi connectivity index (χ2v) is 8.05. The first kappa shape index (κ1) is 21.2. The Balaban J connectivity index is 1.90. The predicted octanol–water partition coefficient (Wildman–Crippen LogP) is 4.58. The van der Waals surface area contributed by atoms with Gasteiger partial charge in [0, 0.05) is 12.8 Å². The molecule has 0 aliphatic carbocycles. The van der Waals surface area contributed by atoms with Crippen molar-refractivity contribution in [3.05, 3.63) is 41.6 Å². The Hall–Kier alpha value is -2.47. The summed E-state index contributed by atoms with van der Waals surface area (Å²) in [5.41, 5.74) is 2.99. The molecule has 1 aliphatic heterocycles. The normalized spacial score (nSPS) is 17.3. The minimum absolute atomic E-state index is 0.0529. The van der Waals surface area contributed by atoms with E-state index in [9.17, 15) is 5.11 Å². The van der Waals surface area contributed by atoms with Gasteiger partial charge in [-0.1, -0.05) is 51.1 Å². The molecule has 0 saturated heterocycles. The molecule has 0 bridgehead atoms. The highest BCUT2D eigenvalue weighted by Crippen LogP contribution is 2.33. The van der Waals surface area contributed by atoms with Crippen LogP contribution >= 0.6 is 0 Å². The number of aliphatic hydroxyl groups excluding tert-OH is 1. The van der Waals surface area contributed by atoms with Crippen LogP contribution in [-0.4, -0.2) is 33.9 Å². The van der Waals surface area contributed by atoms with Crippen molar-refractivity contribution in [1.82, 2.24) is 9.97 Å². The molecule has 2 unspecified atom stereocenters. The van der Waals surface area contributed by atoms with E-state index in [0.29, 0.717) is 24.3 Å². The number of fused-ring (bicyclic) bond motifs is 1. The van der Waals surface area contributed by atoms with E-state index in [1.54, 1.807) is 0 Å². The minimum atomic E-state index is -0.0597. The maximum absolute atomic E-state index is 9.57. The molecular weight excluding hydrogens is 362 g/mol. The summed E-state index contributed by atoms with van der Waals surface area (Å²) in [6, 6.07) is 10.2. The van der Waals surface area contributed by atoms with Gasteiger partial charge < -0.3 is 15.7 Å². The van der Waals surface area contributed by atoms with Gasteiger partial charge in [-0.3, -0.25) is 4.99 Å². The van der Waals surface area contributed by atoms with Crippen molar-refractivity contribution in [2.45, 2.75) is 59.0 Å². The van der Waals surface area contributed by atoms with Gasteiger partial charge in [0.05, 0.1) is 18.3 Å². The zero-order chi connectivity index (χ0) is 20.6. The zero-order valence-electron chi connectivity index (χ0n) is 17.7. The fourth-order valence-electron chi connectivity index (χ4n) is 3.56. The van der Waals surface area contributed by atoms with E-state index < -0.39 is 0 Å². The summed E-state index contributed by atoms with van der Waals surface area (Å²) < 4.78 is 0. The van der Waals surface area contributed by atoms with Gasteiger partial charge in [0.25, 0.3) is 0 Å². The maximum Gasteiger partial charge on any atom is 0.225 e. The highest BCUT2D eigenvalue weighted by Gasteiger charge is 2.20. The summed E-state index contributed by atoms with van der Waals surface area (Å²) in [6.45, 7) is 7.30. The Labute approximate surface area is 173 Å². The fraction of sp³-hybridized carbons (Fsp3) is 0.522. The number of anilines is 2. The number of nitrogens with one attached hydrogen (secondary N) is 2. The molecule has 0 spiro atoms. The molecule has 2 heterocycles. The summed E-state index contributed by atoms with van der Waals surface area (Å²) in [5, 5.41) is 16.3. The Morgan fingerprint density at radius 3 is 2.66 bits per heavy atom. The third-order valence-corrected chi connectivity index (χ3v) is 5.63. The van der Waals surface area contributed by atoms with Crippen LogP contribution in [0.3, 0.4) is 0 Å². The molecule has 0 saturated carbocycles. The van der Waals surface area contributed by atoms with Crippen molar-refractivity contribution in [3.63, 3.8) is 0 Å². The van der Waals surface area contributed by atoms with Gasteiger partial charge in [0.2, 0.25) is 5.95 Å². The van der Waals surface area contributed by atoms with Crippen LogP contribution in [0, 0.1) is 11.8 Å². The van der Waals surface area contributed by atoms with Crippen molar-refractivity contribution in [2.75, 3.05) is 17.2 Å². The molecule has 6 nitrogen and oxygen atoms in total. The van der Waals surface area contributed by atoms with E-state index in [1.165, 1.54) is 5.56 Å². The van der Waals surface area contributed by atoms with Gasteiger partial charge in [-0.05, 0) is 43.1 Å². The molecule has 3 N–H and O–H groups in total. The molecule has 1 aromatic carbocycles. The molecule has 1 aromatic heterocycles. The molecule has 0 radical (unpaired) electrons. The second-order valence-electron chi connectivity index (χ2n) is 8.05. The van der Waals surface area contributed by atoms with Gasteiger partial charge in [-0.25, -0.2) is 4.98 Å². The minimum Gasteiger partial charge on any atom is -0.394 e. The molecule has 0 fully saturated rings. The largest absolute Gasteiger partial charge is 0.394 e. The van der Waals surface area contributed by atoms with Gasteiger partial charge in [-0.2, -0.15) is 4.98 Å². The van der Waals surface area contributed by atoms with Crippen LogP contribution in [0.1, 0.15) is 51.3 Å². The van der Waals surface area contributed by atoms with Crippen molar-refractivity contribution >= 4 is 23.7 Å². The summed E-state index contributed by atoms with van der Waals surface area (Å²) >= 11 is 0. The molecule has 3 rings (SSSR count). The summed E-state index contributed by atoms with van der Waals surface area (Å²) in [5.74, 6) is 2.53. The average molecular weight is 396 g/mol. The van der Waals surface area contributed by atoms with E-state index in [1.807, 2.05) is 31.3 Å². The Kier molecular flexibility index (Phi) is 7.58. The molecule has 29 heavy (non-hydrogen) atoms. The Morgan fingerprint density at radius 1 is 1.17 bits per heavy atom. The number of hydrogen-bond acceptors (Lipinski definition) is 6. The first-order valence-electron chi connectivity index (χ1n) is 10.7. The third kappa shape index (κ3) is 5.76. The monoisotopic (exact) mass is 395 g/mol. The lowest BCUT2D eigenvalue weighted by Crippen LogP contribution is -2.24. The molecule has 0 amide bonds. The van der Waals surface area contributed by atoms with E-state index in [2.05, 4.69) is 36.6 Å². The summed E-state index contributed by atoms with van der Waals surface area (Å²) in [6.07, 6.45) is 5.77. The lowest BCUT2D eigenvalue weighted by molar-refractivity contribution is 0.271. The maximum atomic E-state index is 9.57. The number of aromatic nitrogens is 2. The van der Waals surface area contributed by atoms with Crippen LogP contribution < -0.4 is 10.6 Å². The highest BCUT2D eigenvalue weighted by molar-refractivity contribution is 5.73. The van der Waals surface area contributed by atoms with Crippen molar-refractivity contribution in [1.29, 1.82) is 0 Å². The molecule has 2 atom stereocenters. The van der Waals surface area contributed by atoms with Gasteiger partial charge in [0.1, 0.15) is 5.69 Å². The molecule has 6 heteroatoms. The number of nitrogens with zero attached hydrogens (tertiary/aromatic N) is 3. The lowest BCUT2D eigenvalue weighted by Gasteiger charge is -2.23. The van der Waals surface area contributed by atoms with Crippen molar-refractivity contribution < 1.29 is 5.11 Å². The number of aryl methyl sites for hydroxylation is 1. The van der Waals surface area contributed by atoms with E-state index in [0.717, 1.165) is 42.9 Å². The fourth-order valence-corrected chi connectivity index (χ4v) is 3.56. The average Bonchev–Trinajstić information content (AvgIpc) is 2.72. The summed E-state index contributed by atoms with van der Waals surface area (Å²) in [7, 11) is 0. The molecular formula is C23H33N5O. The summed E-state index contributed by atoms with van der Waals surface area (Å²) in [4.78, 5) is 14.2. The molecule has 1 aliphatic rings. The topological polar surface area (TPSA) is 82.4 Å². The van der Waals surface area contributed by atoms with Crippen molar-refractivity contribution in [3.8, 4) is 0 Å². The highest BCUT2D eigenvalue weighted by atomic mass is 16.3. The Morgan fingerprint density at radius 2 is 1.97 bits per heavy atom. The Bertz CT molecular complexity index is 802. The van der Waals surface area contributed by atoms with Crippen LogP contribution in [0.5, 0.6) is 0 Å². The van der Waals surface area contributed by atoms with Crippen LogP contribution in [-0.2, 0) is 13.0 Å². The number of rotatable bonds is 8. The van der Waals surface area contributed by atoms with Gasteiger partial charge >= 0.3 is 0 Å². The predicted molar refractivity (Wildman–Crippen MR) is 120 cm³/mol. The lowest BCUT2D eigenvalue weighted by atomic mass is 9.87. The van der Waals surface area contributed by atoms with Crippen LogP contribution in [0.2, 0.25) is 0 Å². The van der Waals surface area contributed by atoms with Gasteiger partial charge in [-0.15, -0.1) is 0 Å². The van der Waals surface area contributed by atoms with Crippen LogP contribution in [0.15, 0.2) is 35.3 Å². The van der Waals surface area contributed by atoms with E-state index in [4.69, 9.17) is 15.0 Å². The first-order valence-corrected chi connectivity index (χ1v) is 10.7. The standard InChI is InChI=1S/C23H33N5O/c1-4-19(15-29)26-23-27-20-11-10-18(16(2)3)12-13-24-21(20)22(28-23)25-14-17-8-6-5-7-9-17/h5-9,13,16,18-19,29H,4,10-12,14-15H2,1-3H3,(H2,25,26,27,28). The number of benzene rings is 1. The van der Waals surface area contributed by atoms with E-state index in [-0.39, 0.29) is 12.6 Å². The number of hydrogen-bond donors (Lipinski definition) is 3. The SMILES string of the molecule is CCC(CO)Nc1nc2c(c(NCc3ccccc3)n1)N=CCC(C(C)C)CC2. The second kappa shape index (κ2) is 10.3. The zero-order valence-corrected chi connectivity index (χ0v) is 17.7. The van der Waals surface area contributed by atoms with Crippen molar-refractivity contribution in [2.24, 2.45) is 16.8 Å². The number of aliphatic imine (C=N–C) groups is 1. The first-order chi connectivity index (χ1) is 14.1. The number of aliphatic hydroxyl groups is 1. The van der Waals surface area contributed by atoms with Gasteiger partial charge in [0.15, 0.2) is 5.82 Å².